The zero-order valence-corrected chi connectivity index (χ0v) is 48.7. The van der Waals surface area contributed by atoms with Crippen LogP contribution in [0.15, 0.2) is 85.1 Å². The molecule has 0 aromatic heterocycles. The maximum absolute atomic E-state index is 12.8. The lowest BCUT2D eigenvalue weighted by atomic mass is 10.0. The number of nitrogens with zero attached hydrogens (tertiary/aromatic N) is 1. The summed E-state index contributed by atoms with van der Waals surface area (Å²) in [5, 5.41) is 0. The molecule has 0 bridgehead atoms. The summed E-state index contributed by atoms with van der Waals surface area (Å²) in [4.78, 5) is 35.6. The van der Waals surface area contributed by atoms with E-state index in [-0.39, 0.29) is 25.6 Å². The first kappa shape index (κ1) is 70.2. The predicted molar refractivity (Wildman–Crippen MR) is 312 cm³/mol. The van der Waals surface area contributed by atoms with Crippen LogP contribution in [0.4, 0.5) is 0 Å². The van der Waals surface area contributed by atoms with E-state index in [1.54, 1.807) is 0 Å². The van der Waals surface area contributed by atoms with Crippen molar-refractivity contribution in [3.05, 3.63) is 85.1 Å². The molecule has 0 spiro atoms. The Balaban J connectivity index is 4.00. The highest BCUT2D eigenvalue weighted by Gasteiger charge is 2.27. The number of phosphoric ester groups is 1. The molecule has 1 N–H and O–H groups in total. The van der Waals surface area contributed by atoms with Crippen LogP contribution in [0, 0.1) is 0 Å². The van der Waals surface area contributed by atoms with Gasteiger partial charge in [0.05, 0.1) is 27.7 Å². The number of ether oxygens (including phenoxy) is 2. The maximum Gasteiger partial charge on any atom is 0.472 e. The van der Waals surface area contributed by atoms with E-state index in [4.69, 9.17) is 18.5 Å². The van der Waals surface area contributed by atoms with Gasteiger partial charge in [-0.2, -0.15) is 0 Å². The first-order chi connectivity index (χ1) is 35.5. The second-order valence-corrected chi connectivity index (χ2v) is 22.5. The van der Waals surface area contributed by atoms with Gasteiger partial charge in [0.15, 0.2) is 6.10 Å². The van der Waals surface area contributed by atoms with E-state index < -0.39 is 26.5 Å². The summed E-state index contributed by atoms with van der Waals surface area (Å²) in [6.45, 7) is 4.32. The van der Waals surface area contributed by atoms with E-state index in [9.17, 15) is 19.0 Å². The third-order valence-electron chi connectivity index (χ3n) is 12.7. The minimum atomic E-state index is -4.38. The van der Waals surface area contributed by atoms with Crippen LogP contribution in [0.3, 0.4) is 0 Å². The lowest BCUT2D eigenvalue weighted by molar-refractivity contribution is -0.870. The molecule has 422 valence electrons. The van der Waals surface area contributed by atoms with Gasteiger partial charge in [-0.15, -0.1) is 0 Å². The number of likely N-dealkylation sites (N-methyl/N-ethyl adjacent to an activating group) is 1. The fourth-order valence-corrected chi connectivity index (χ4v) is 8.86. The second-order valence-electron chi connectivity index (χ2n) is 21.0. The second kappa shape index (κ2) is 54.0. The molecule has 0 aliphatic rings. The van der Waals surface area contributed by atoms with E-state index in [0.717, 1.165) is 83.5 Å². The number of carbonyl (C=O) groups is 2. The zero-order valence-electron chi connectivity index (χ0n) is 47.9. The van der Waals surface area contributed by atoms with Crippen molar-refractivity contribution in [2.45, 2.75) is 258 Å². The molecule has 10 heteroatoms. The normalized spacial score (nSPS) is 13.9. The van der Waals surface area contributed by atoms with Crippen molar-refractivity contribution in [3.8, 4) is 0 Å². The van der Waals surface area contributed by atoms with E-state index in [1.165, 1.54) is 135 Å². The predicted octanol–water partition coefficient (Wildman–Crippen LogP) is 18.6. The molecule has 2 unspecified atom stereocenters. The third-order valence-corrected chi connectivity index (χ3v) is 13.7. The highest BCUT2D eigenvalue weighted by Crippen LogP contribution is 2.43. The van der Waals surface area contributed by atoms with Crippen LogP contribution in [-0.2, 0) is 32.7 Å². The van der Waals surface area contributed by atoms with Crippen molar-refractivity contribution in [1.29, 1.82) is 0 Å². The average Bonchev–Trinajstić information content (AvgIpc) is 3.35. The smallest absolute Gasteiger partial charge is 0.462 e. The Bertz CT molecular complexity index is 1510. The van der Waals surface area contributed by atoms with Crippen molar-refractivity contribution in [2.24, 2.45) is 0 Å². The maximum atomic E-state index is 12.8. The lowest BCUT2D eigenvalue weighted by Crippen LogP contribution is -2.37. The Morgan fingerprint density at radius 1 is 0.438 bits per heavy atom. The van der Waals surface area contributed by atoms with Crippen LogP contribution in [0.25, 0.3) is 0 Å². The van der Waals surface area contributed by atoms with Gasteiger partial charge >= 0.3 is 19.8 Å². The highest BCUT2D eigenvalue weighted by atomic mass is 31.2. The Hall–Kier alpha value is -2.81. The fraction of sp³-hybridized carbons (Fsp3) is 0.746. The van der Waals surface area contributed by atoms with Crippen LogP contribution < -0.4 is 0 Å². The first-order valence-corrected chi connectivity index (χ1v) is 31.3. The van der Waals surface area contributed by atoms with Crippen LogP contribution in [-0.4, -0.2) is 74.9 Å². The number of phosphoric acid groups is 1. The number of allylic oxidation sites excluding steroid dienone is 14. The molecule has 0 fully saturated rings. The molecule has 9 nitrogen and oxygen atoms in total. The van der Waals surface area contributed by atoms with E-state index >= 15 is 0 Å². The molecule has 0 aromatic carbocycles. The summed E-state index contributed by atoms with van der Waals surface area (Å²) in [6.07, 6.45) is 72.4. The summed E-state index contributed by atoms with van der Waals surface area (Å²) < 4.78 is 34.5. The van der Waals surface area contributed by atoms with Gasteiger partial charge in [-0.05, 0) is 70.6 Å². The van der Waals surface area contributed by atoms with Gasteiger partial charge < -0.3 is 18.9 Å². The summed E-state index contributed by atoms with van der Waals surface area (Å²) >= 11 is 0. The number of carbonyl (C=O) groups excluding carboxylic acids is 2. The summed E-state index contributed by atoms with van der Waals surface area (Å²) in [5.41, 5.74) is 0. The van der Waals surface area contributed by atoms with E-state index in [1.807, 2.05) is 21.1 Å². The topological polar surface area (TPSA) is 108 Å². The van der Waals surface area contributed by atoms with Crippen molar-refractivity contribution in [2.75, 3.05) is 47.5 Å². The molecule has 0 rings (SSSR count). The van der Waals surface area contributed by atoms with Crippen molar-refractivity contribution < 1.29 is 42.1 Å². The Kier molecular flexibility index (Phi) is 51.9. The summed E-state index contributed by atoms with van der Waals surface area (Å²) in [6, 6.07) is 0. The summed E-state index contributed by atoms with van der Waals surface area (Å²) in [7, 11) is 1.48. The number of quaternary nitrogens is 1. The molecule has 73 heavy (non-hydrogen) atoms. The molecule has 0 radical (unpaired) electrons. The molecule has 0 heterocycles. The highest BCUT2D eigenvalue weighted by molar-refractivity contribution is 7.47. The van der Waals surface area contributed by atoms with Crippen molar-refractivity contribution >= 4 is 19.8 Å². The summed E-state index contributed by atoms with van der Waals surface area (Å²) in [5.74, 6) is -0.793. The van der Waals surface area contributed by atoms with Gasteiger partial charge in [-0.1, -0.05) is 253 Å². The molecular weight excluding hydrogens is 930 g/mol. The molecule has 0 aliphatic heterocycles. The Labute approximate surface area is 450 Å². The fourth-order valence-electron chi connectivity index (χ4n) is 8.11. The van der Waals surface area contributed by atoms with E-state index in [0.29, 0.717) is 23.9 Å². The number of hydrogen-bond donors (Lipinski definition) is 1. The standard InChI is InChI=1S/C63H112NO8P/c1-6-8-10-12-14-16-18-20-21-22-23-24-25-26-27-28-29-30-31-32-33-34-35-36-37-38-39-40-41-42-43-44-46-48-50-52-54-56-63(66)72-61(60-71-73(67,68)70-58-57-64(3,4)5)59-69-62(65)55-53-51-49-47-45-19-17-15-13-11-9-7-2/h8,10,14,16,20-21,23-24,26-27,29-30,32-33,61H,6-7,9,11-13,15,17-19,22,25,28,31,34-60H2,1-5H3/p+1/b10-8-,16-14-,21-20-,24-23-,27-26-,30-29-,33-32-. The third kappa shape index (κ3) is 58.3. The number of hydrogen-bond acceptors (Lipinski definition) is 7. The lowest BCUT2D eigenvalue weighted by Gasteiger charge is -2.24. The number of esters is 2. The molecule has 0 saturated heterocycles. The molecule has 0 amide bonds. The van der Waals surface area contributed by atoms with Gasteiger partial charge in [0.1, 0.15) is 19.8 Å². The van der Waals surface area contributed by atoms with Crippen molar-refractivity contribution in [1.82, 2.24) is 0 Å². The minimum absolute atomic E-state index is 0.0312. The van der Waals surface area contributed by atoms with Crippen LogP contribution in [0.5, 0.6) is 0 Å². The first-order valence-electron chi connectivity index (χ1n) is 29.8. The molecular formula is C63H113NO8P+. The monoisotopic (exact) mass is 1040 g/mol. The molecule has 0 aromatic rings. The minimum Gasteiger partial charge on any atom is -0.462 e. The van der Waals surface area contributed by atoms with Gasteiger partial charge in [0, 0.05) is 12.8 Å². The number of unbranched alkanes of at least 4 members (excludes halogenated alkanes) is 26. The molecule has 2 atom stereocenters. The van der Waals surface area contributed by atoms with Gasteiger partial charge in [-0.25, -0.2) is 4.57 Å². The van der Waals surface area contributed by atoms with Crippen molar-refractivity contribution in [3.63, 3.8) is 0 Å². The zero-order chi connectivity index (χ0) is 53.5. The molecule has 0 saturated carbocycles. The average molecular weight is 1040 g/mol. The van der Waals surface area contributed by atoms with Crippen LogP contribution >= 0.6 is 7.82 Å². The van der Waals surface area contributed by atoms with Crippen LogP contribution in [0.1, 0.15) is 251 Å². The molecule has 0 aliphatic carbocycles. The Morgan fingerprint density at radius 2 is 0.781 bits per heavy atom. The Morgan fingerprint density at radius 3 is 1.16 bits per heavy atom. The van der Waals surface area contributed by atoms with Gasteiger partial charge in [0.25, 0.3) is 0 Å². The van der Waals surface area contributed by atoms with Crippen LogP contribution in [0.2, 0.25) is 0 Å². The largest absolute Gasteiger partial charge is 0.472 e. The van der Waals surface area contributed by atoms with Gasteiger partial charge in [-0.3, -0.25) is 18.6 Å². The SMILES string of the molecule is CC/C=C\C/C=C\C/C=C\C/C=C\C/C=C\C/C=C\C/C=C\CCCCCCCCCCCCCCCCCC(=O)OC(COC(=O)CCCCCCCCCCCCCC)COP(=O)(O)OCC[N+](C)(C)C. The quantitative estimate of drug-likeness (QED) is 0.0211. The number of rotatable bonds is 54. The van der Waals surface area contributed by atoms with E-state index in [2.05, 4.69) is 98.9 Å². The van der Waals surface area contributed by atoms with Gasteiger partial charge in [0.2, 0.25) is 0 Å².